The van der Waals surface area contributed by atoms with Gasteiger partial charge in [0.15, 0.2) is 0 Å². The molecule has 1 rings (SSSR count). The average Bonchev–Trinajstić information content (AvgIpc) is 2.42. The van der Waals surface area contributed by atoms with Crippen LogP contribution in [0.4, 0.5) is 0 Å². The molecule has 1 aromatic rings. The molecule has 0 saturated heterocycles. The Morgan fingerprint density at radius 2 is 1.50 bits per heavy atom. The summed E-state index contributed by atoms with van der Waals surface area (Å²) in [7, 11) is -3.21. The third-order valence-corrected chi connectivity index (χ3v) is 6.17. The van der Waals surface area contributed by atoms with Crippen molar-refractivity contribution >= 4 is 7.60 Å². The maximum Gasteiger partial charge on any atom is 0.331 e. The van der Waals surface area contributed by atoms with Gasteiger partial charge in [-0.3, -0.25) is 4.57 Å². The molecule has 1 unspecified atom stereocenters. The Labute approximate surface area is 147 Å². The lowest BCUT2D eigenvalue weighted by molar-refractivity contribution is 0.108. The topological polar surface area (TPSA) is 55.8 Å². The van der Waals surface area contributed by atoms with Gasteiger partial charge in [0.2, 0.25) is 0 Å². The number of phenols is 1. The third kappa shape index (κ3) is 6.58. The maximum atomic E-state index is 13.3. The fourth-order valence-electron chi connectivity index (χ4n) is 3.17. The van der Waals surface area contributed by atoms with Crippen LogP contribution in [-0.2, 0) is 20.2 Å². The van der Waals surface area contributed by atoms with Crippen LogP contribution >= 0.6 is 7.60 Å². The van der Waals surface area contributed by atoms with Crippen LogP contribution < -0.4 is 0 Å². The Balaban J connectivity index is 2.93. The molecule has 0 fully saturated rings. The first kappa shape index (κ1) is 21.2. The Morgan fingerprint density at radius 1 is 1.00 bits per heavy atom. The number of phenolic OH excluding ortho intramolecular Hbond substituents is 1. The quantitative estimate of drug-likeness (QED) is 0.623. The van der Waals surface area contributed by atoms with E-state index in [1.165, 1.54) is 0 Å². The van der Waals surface area contributed by atoms with E-state index in [1.807, 2.05) is 6.92 Å². The molecule has 0 bridgehead atoms. The van der Waals surface area contributed by atoms with Crippen LogP contribution in [0.5, 0.6) is 5.75 Å². The zero-order chi connectivity index (χ0) is 18.6. The highest BCUT2D eigenvalue weighted by Crippen LogP contribution is 2.56. The molecule has 0 aromatic heterocycles. The van der Waals surface area contributed by atoms with Gasteiger partial charge in [0.1, 0.15) is 5.75 Å². The molecule has 0 aliphatic carbocycles. The summed E-state index contributed by atoms with van der Waals surface area (Å²) in [5, 5.41) is 9.35. The zero-order valence-corrected chi connectivity index (χ0v) is 17.0. The van der Waals surface area contributed by atoms with E-state index in [0.717, 1.165) is 5.56 Å². The van der Waals surface area contributed by atoms with Crippen molar-refractivity contribution in [3.63, 3.8) is 0 Å². The van der Waals surface area contributed by atoms with Gasteiger partial charge >= 0.3 is 7.60 Å². The largest absolute Gasteiger partial charge is 0.508 e. The number of rotatable bonds is 7. The van der Waals surface area contributed by atoms with E-state index in [1.54, 1.807) is 24.3 Å². The number of benzene rings is 1. The van der Waals surface area contributed by atoms with Crippen molar-refractivity contribution in [2.75, 3.05) is 12.8 Å². The molecule has 0 radical (unpaired) electrons. The number of aromatic hydroxyl groups is 1. The molecule has 1 aromatic carbocycles. The summed E-state index contributed by atoms with van der Waals surface area (Å²) in [4.78, 5) is 0. The van der Waals surface area contributed by atoms with Crippen LogP contribution in [0.2, 0.25) is 0 Å². The summed E-state index contributed by atoms with van der Waals surface area (Å²) < 4.78 is 24.6. The van der Waals surface area contributed by atoms with Crippen molar-refractivity contribution < 1.29 is 18.7 Å². The predicted octanol–water partition coefficient (Wildman–Crippen LogP) is 5.85. The van der Waals surface area contributed by atoms with E-state index in [9.17, 15) is 9.67 Å². The molecule has 0 spiro atoms. The lowest BCUT2D eigenvalue weighted by atomic mass is 9.68. The Morgan fingerprint density at radius 3 is 1.92 bits per heavy atom. The van der Waals surface area contributed by atoms with Crippen molar-refractivity contribution in [2.45, 2.75) is 55.1 Å². The Hall–Kier alpha value is -0.830. The highest BCUT2D eigenvalue weighted by Gasteiger charge is 2.41. The van der Waals surface area contributed by atoms with Gasteiger partial charge < -0.3 is 14.2 Å². The molecule has 5 heteroatoms. The maximum absolute atomic E-state index is 13.3. The SMILES string of the molecule is CCOP(=O)(CC(C(C)(C)C)C(C)(C)C)OCc1ccc(O)cc1. The number of hydrogen-bond donors (Lipinski definition) is 1. The van der Waals surface area contributed by atoms with Crippen LogP contribution in [0.1, 0.15) is 54.0 Å². The fraction of sp³-hybridized carbons (Fsp3) is 0.684. The lowest BCUT2D eigenvalue weighted by Gasteiger charge is -2.42. The summed E-state index contributed by atoms with van der Waals surface area (Å²) >= 11 is 0. The Bertz CT molecular complexity index is 538. The van der Waals surface area contributed by atoms with Gasteiger partial charge in [-0.2, -0.15) is 0 Å². The monoisotopic (exact) mass is 356 g/mol. The minimum Gasteiger partial charge on any atom is -0.508 e. The van der Waals surface area contributed by atoms with E-state index in [4.69, 9.17) is 9.05 Å². The predicted molar refractivity (Wildman–Crippen MR) is 99.4 cm³/mol. The first-order valence-corrected chi connectivity index (χ1v) is 10.3. The minimum absolute atomic E-state index is 0.00704. The van der Waals surface area contributed by atoms with E-state index < -0.39 is 7.60 Å². The van der Waals surface area contributed by atoms with E-state index >= 15 is 0 Å². The molecule has 0 heterocycles. The van der Waals surface area contributed by atoms with Crippen LogP contribution in [0.3, 0.4) is 0 Å². The molecule has 24 heavy (non-hydrogen) atoms. The average molecular weight is 356 g/mol. The second-order valence-electron chi connectivity index (χ2n) is 8.44. The van der Waals surface area contributed by atoms with Crippen molar-refractivity contribution in [1.82, 2.24) is 0 Å². The van der Waals surface area contributed by atoms with Crippen LogP contribution in [0.25, 0.3) is 0 Å². The second-order valence-corrected chi connectivity index (χ2v) is 10.5. The van der Waals surface area contributed by atoms with Crippen LogP contribution in [0, 0.1) is 16.7 Å². The van der Waals surface area contributed by atoms with Gasteiger partial charge in [-0.15, -0.1) is 0 Å². The van der Waals surface area contributed by atoms with Gasteiger partial charge in [0, 0.05) is 0 Å². The molecule has 0 aliphatic heterocycles. The van der Waals surface area contributed by atoms with Crippen molar-refractivity contribution in [3.05, 3.63) is 29.8 Å². The van der Waals surface area contributed by atoms with E-state index in [0.29, 0.717) is 12.8 Å². The van der Waals surface area contributed by atoms with E-state index in [2.05, 4.69) is 41.5 Å². The molecule has 1 atom stereocenters. The molecule has 0 aliphatic rings. The minimum atomic E-state index is -3.21. The molecule has 4 nitrogen and oxygen atoms in total. The van der Waals surface area contributed by atoms with Crippen molar-refractivity contribution in [2.24, 2.45) is 16.7 Å². The molecular weight excluding hydrogens is 323 g/mol. The van der Waals surface area contributed by atoms with Crippen LogP contribution in [-0.4, -0.2) is 17.9 Å². The molecule has 1 N–H and O–H groups in total. The standard InChI is InChI=1S/C19H33O4P/c1-8-22-24(21,14-17(18(2,3)4)19(5,6)7)23-13-15-9-11-16(20)12-10-15/h9-12,17,20H,8,13-14H2,1-7H3. The highest BCUT2D eigenvalue weighted by atomic mass is 31.2. The highest BCUT2D eigenvalue weighted by molar-refractivity contribution is 7.53. The zero-order valence-electron chi connectivity index (χ0n) is 16.1. The molecular formula is C19H33O4P. The first-order valence-electron chi connectivity index (χ1n) is 8.53. The normalized spacial score (nSPS) is 15.5. The smallest absolute Gasteiger partial charge is 0.331 e. The Kier molecular flexibility index (Phi) is 7.10. The first-order chi connectivity index (χ1) is 10.9. The lowest BCUT2D eigenvalue weighted by Crippen LogP contribution is -2.35. The van der Waals surface area contributed by atoms with Gasteiger partial charge in [-0.25, -0.2) is 0 Å². The molecule has 138 valence electrons. The summed E-state index contributed by atoms with van der Waals surface area (Å²) in [6.07, 6.45) is 0.395. The number of hydrogen-bond acceptors (Lipinski definition) is 4. The van der Waals surface area contributed by atoms with Gasteiger partial charge in [0.05, 0.1) is 19.4 Å². The summed E-state index contributed by atoms with van der Waals surface area (Å²) in [6, 6.07) is 6.71. The van der Waals surface area contributed by atoms with Crippen molar-refractivity contribution in [1.29, 1.82) is 0 Å². The fourth-order valence-corrected chi connectivity index (χ4v) is 5.74. The van der Waals surface area contributed by atoms with Crippen molar-refractivity contribution in [3.8, 4) is 5.75 Å². The van der Waals surface area contributed by atoms with Gasteiger partial charge in [-0.05, 0) is 41.4 Å². The van der Waals surface area contributed by atoms with E-state index in [-0.39, 0.29) is 29.1 Å². The van der Waals surface area contributed by atoms with Gasteiger partial charge in [-0.1, -0.05) is 53.7 Å². The summed E-state index contributed by atoms with van der Waals surface area (Å²) in [6.45, 7) is 15.4. The van der Waals surface area contributed by atoms with Crippen LogP contribution in [0.15, 0.2) is 24.3 Å². The third-order valence-electron chi connectivity index (χ3n) is 4.19. The van der Waals surface area contributed by atoms with Gasteiger partial charge in [0.25, 0.3) is 0 Å². The second kappa shape index (κ2) is 8.03. The summed E-state index contributed by atoms with van der Waals surface area (Å²) in [5.41, 5.74) is 0.843. The summed E-state index contributed by atoms with van der Waals surface area (Å²) in [5.74, 6) is 0.384. The molecule has 0 amide bonds. The molecule has 0 saturated carbocycles.